The minimum atomic E-state index is -0.241. The largest absolute Gasteiger partial charge is 0.383 e. The van der Waals surface area contributed by atoms with Crippen LogP contribution in [0.25, 0.3) is 17.0 Å². The molecule has 1 atom stereocenters. The Kier molecular flexibility index (Phi) is 6.36. The van der Waals surface area contributed by atoms with Crippen molar-refractivity contribution in [3.8, 4) is 11.4 Å². The van der Waals surface area contributed by atoms with Crippen LogP contribution in [0.2, 0.25) is 5.02 Å². The Morgan fingerprint density at radius 1 is 1.13 bits per heavy atom. The van der Waals surface area contributed by atoms with Gasteiger partial charge in [-0.05, 0) is 43.8 Å². The summed E-state index contributed by atoms with van der Waals surface area (Å²) in [5.74, 6) is 0.993. The molecule has 0 radical (unpaired) electrons. The lowest BCUT2D eigenvalue weighted by molar-refractivity contribution is 0.183. The molecule has 31 heavy (non-hydrogen) atoms. The van der Waals surface area contributed by atoms with E-state index in [9.17, 15) is 0 Å². The van der Waals surface area contributed by atoms with Crippen LogP contribution in [0.5, 0.6) is 0 Å². The standard InChI is InChI=1S/C23H23ClN4O2S/c1-14-4-6-17(7-5-14)21-26-22(30-27-21)19-15(2)28(12-13-29-3)23(31)25-20(19)16-8-10-18(24)11-9-16/h4-11,20H,12-13H2,1-3H3,(H,25,31). The van der Waals surface area contributed by atoms with Gasteiger partial charge in [-0.3, -0.25) is 0 Å². The van der Waals surface area contributed by atoms with E-state index in [0.717, 1.165) is 22.4 Å². The molecule has 0 fully saturated rings. The number of ether oxygens (including phenoxy) is 1. The molecular weight excluding hydrogens is 432 g/mol. The highest BCUT2D eigenvalue weighted by molar-refractivity contribution is 7.80. The van der Waals surface area contributed by atoms with Gasteiger partial charge in [-0.2, -0.15) is 4.98 Å². The summed E-state index contributed by atoms with van der Waals surface area (Å²) in [5, 5.41) is 8.94. The predicted molar refractivity (Wildman–Crippen MR) is 126 cm³/mol. The fraction of sp³-hybridized carbons (Fsp3) is 0.261. The number of benzene rings is 2. The maximum absolute atomic E-state index is 6.10. The first kappa shape index (κ1) is 21.5. The highest BCUT2D eigenvalue weighted by Gasteiger charge is 2.33. The van der Waals surface area contributed by atoms with Gasteiger partial charge in [-0.15, -0.1) is 0 Å². The summed E-state index contributed by atoms with van der Waals surface area (Å²) >= 11 is 11.8. The van der Waals surface area contributed by atoms with Crippen molar-refractivity contribution in [3.05, 3.63) is 76.3 Å². The maximum Gasteiger partial charge on any atom is 0.258 e. The summed E-state index contributed by atoms with van der Waals surface area (Å²) in [6.45, 7) is 5.21. The van der Waals surface area contributed by atoms with Gasteiger partial charge < -0.3 is 19.5 Å². The van der Waals surface area contributed by atoms with Gasteiger partial charge in [0, 0.05) is 29.9 Å². The lowest BCUT2D eigenvalue weighted by Gasteiger charge is -2.37. The molecule has 0 aliphatic carbocycles. The van der Waals surface area contributed by atoms with Crippen LogP contribution < -0.4 is 5.32 Å². The Balaban J connectivity index is 1.78. The molecule has 1 aliphatic heterocycles. The second-order valence-corrected chi connectivity index (χ2v) is 8.19. The molecule has 1 aromatic heterocycles. The van der Waals surface area contributed by atoms with Crippen LogP contribution in [0.15, 0.2) is 58.8 Å². The molecule has 0 amide bonds. The Morgan fingerprint density at radius 2 is 1.84 bits per heavy atom. The maximum atomic E-state index is 6.10. The van der Waals surface area contributed by atoms with Gasteiger partial charge in [0.05, 0.1) is 18.2 Å². The Labute approximate surface area is 191 Å². The van der Waals surface area contributed by atoms with Crippen molar-refractivity contribution in [2.45, 2.75) is 19.9 Å². The third-order valence-electron chi connectivity index (χ3n) is 5.28. The normalized spacial score (nSPS) is 16.6. The van der Waals surface area contributed by atoms with Crippen LogP contribution in [0.4, 0.5) is 0 Å². The smallest absolute Gasteiger partial charge is 0.258 e. The molecule has 2 aromatic carbocycles. The third-order valence-corrected chi connectivity index (χ3v) is 5.88. The second-order valence-electron chi connectivity index (χ2n) is 7.37. The molecule has 4 rings (SSSR count). The fourth-order valence-electron chi connectivity index (χ4n) is 3.57. The zero-order valence-electron chi connectivity index (χ0n) is 17.6. The van der Waals surface area contributed by atoms with Crippen LogP contribution in [0, 0.1) is 6.92 Å². The summed E-state index contributed by atoms with van der Waals surface area (Å²) < 4.78 is 11.0. The lowest BCUT2D eigenvalue weighted by Crippen LogP contribution is -2.47. The quantitative estimate of drug-likeness (QED) is 0.525. The number of aromatic nitrogens is 2. The first-order valence-corrected chi connectivity index (χ1v) is 10.7. The van der Waals surface area contributed by atoms with E-state index in [2.05, 4.69) is 10.5 Å². The number of hydrogen-bond acceptors (Lipinski definition) is 5. The molecule has 3 aromatic rings. The molecular formula is C23H23ClN4O2S. The van der Waals surface area contributed by atoms with Crippen molar-refractivity contribution < 1.29 is 9.26 Å². The molecule has 0 spiro atoms. The number of thiocarbonyl (C=S) groups is 1. The zero-order chi connectivity index (χ0) is 22.0. The summed E-state index contributed by atoms with van der Waals surface area (Å²) in [6, 6.07) is 15.4. The van der Waals surface area contributed by atoms with Crippen molar-refractivity contribution in [2.75, 3.05) is 20.3 Å². The van der Waals surface area contributed by atoms with Gasteiger partial charge in [0.2, 0.25) is 5.82 Å². The average Bonchev–Trinajstić information content (AvgIpc) is 3.24. The molecule has 2 heterocycles. The highest BCUT2D eigenvalue weighted by atomic mass is 35.5. The summed E-state index contributed by atoms with van der Waals surface area (Å²) in [6.07, 6.45) is 0. The van der Waals surface area contributed by atoms with Crippen LogP contribution in [-0.2, 0) is 4.74 Å². The van der Waals surface area contributed by atoms with E-state index in [1.54, 1.807) is 7.11 Å². The van der Waals surface area contributed by atoms with Gasteiger partial charge in [0.15, 0.2) is 5.11 Å². The van der Waals surface area contributed by atoms with Crippen LogP contribution in [-0.4, -0.2) is 40.4 Å². The van der Waals surface area contributed by atoms with E-state index in [1.165, 1.54) is 5.56 Å². The summed E-state index contributed by atoms with van der Waals surface area (Å²) in [5.41, 5.74) is 4.89. The molecule has 1 N–H and O–H groups in total. The summed E-state index contributed by atoms with van der Waals surface area (Å²) in [4.78, 5) is 6.71. The van der Waals surface area contributed by atoms with Gasteiger partial charge in [-0.25, -0.2) is 0 Å². The van der Waals surface area contributed by atoms with Crippen molar-refractivity contribution in [2.24, 2.45) is 0 Å². The second kappa shape index (κ2) is 9.18. The monoisotopic (exact) mass is 454 g/mol. The number of halogens is 1. The van der Waals surface area contributed by atoms with Crippen LogP contribution in [0.3, 0.4) is 0 Å². The van der Waals surface area contributed by atoms with E-state index < -0.39 is 0 Å². The van der Waals surface area contributed by atoms with Gasteiger partial charge in [0.25, 0.3) is 5.89 Å². The first-order chi connectivity index (χ1) is 15.0. The molecule has 6 nitrogen and oxygen atoms in total. The number of aryl methyl sites for hydroxylation is 1. The number of hydrogen-bond donors (Lipinski definition) is 1. The molecule has 0 saturated carbocycles. The van der Waals surface area contributed by atoms with E-state index >= 15 is 0 Å². The molecule has 1 aliphatic rings. The Hall–Kier alpha value is -2.74. The van der Waals surface area contributed by atoms with Crippen LogP contribution in [0.1, 0.15) is 30.0 Å². The number of nitrogens with zero attached hydrogens (tertiary/aromatic N) is 3. The fourth-order valence-corrected chi connectivity index (χ4v) is 4.04. The average molecular weight is 455 g/mol. The number of allylic oxidation sites excluding steroid dienone is 1. The predicted octanol–water partition coefficient (Wildman–Crippen LogP) is 5.01. The minimum Gasteiger partial charge on any atom is -0.383 e. The van der Waals surface area contributed by atoms with Crippen molar-refractivity contribution in [1.82, 2.24) is 20.4 Å². The third kappa shape index (κ3) is 4.49. The SMILES string of the molecule is COCCN1C(=S)NC(c2ccc(Cl)cc2)C(c2nc(-c3ccc(C)cc3)no2)=C1C. The molecule has 160 valence electrons. The molecule has 0 bridgehead atoms. The topological polar surface area (TPSA) is 63.4 Å². The van der Waals surface area contributed by atoms with Gasteiger partial charge in [0.1, 0.15) is 0 Å². The Bertz CT molecular complexity index is 1110. The minimum absolute atomic E-state index is 0.241. The summed E-state index contributed by atoms with van der Waals surface area (Å²) in [7, 11) is 1.67. The highest BCUT2D eigenvalue weighted by Crippen LogP contribution is 2.37. The Morgan fingerprint density at radius 3 is 2.52 bits per heavy atom. The molecule has 8 heteroatoms. The van der Waals surface area contributed by atoms with Crippen molar-refractivity contribution >= 4 is 34.5 Å². The van der Waals surface area contributed by atoms with Crippen molar-refractivity contribution in [3.63, 3.8) is 0 Å². The number of rotatable bonds is 6. The van der Waals surface area contributed by atoms with Crippen LogP contribution >= 0.6 is 23.8 Å². The molecule has 1 unspecified atom stereocenters. The van der Waals surface area contributed by atoms with E-state index in [0.29, 0.717) is 35.0 Å². The van der Waals surface area contributed by atoms with E-state index in [-0.39, 0.29) is 6.04 Å². The number of methoxy groups -OCH3 is 1. The van der Waals surface area contributed by atoms with E-state index in [4.69, 9.17) is 38.1 Å². The first-order valence-electron chi connectivity index (χ1n) is 9.92. The zero-order valence-corrected chi connectivity index (χ0v) is 19.1. The van der Waals surface area contributed by atoms with Gasteiger partial charge >= 0.3 is 0 Å². The van der Waals surface area contributed by atoms with Gasteiger partial charge in [-0.1, -0.05) is 58.7 Å². The van der Waals surface area contributed by atoms with Crippen molar-refractivity contribution in [1.29, 1.82) is 0 Å². The van der Waals surface area contributed by atoms with E-state index in [1.807, 2.05) is 67.3 Å². The number of nitrogens with one attached hydrogen (secondary N) is 1. The molecule has 0 saturated heterocycles. The lowest BCUT2D eigenvalue weighted by atomic mass is 9.95.